The highest BCUT2D eigenvalue weighted by Gasteiger charge is 2.41. The highest BCUT2D eigenvalue weighted by atomic mass is 35.5. The Kier molecular flexibility index (Phi) is 7.70. The minimum absolute atomic E-state index is 0.0660. The summed E-state index contributed by atoms with van der Waals surface area (Å²) in [6, 6.07) is 10.0. The van der Waals surface area contributed by atoms with Crippen molar-refractivity contribution in [3.63, 3.8) is 0 Å². The zero-order valence-corrected chi connectivity index (χ0v) is 17.5. The van der Waals surface area contributed by atoms with Crippen LogP contribution in [0, 0.1) is 0 Å². The number of β-amino-alcohol motifs (C(OH)–C–C–N with tert-alkyl or cyclic N) is 1. The quantitative estimate of drug-likeness (QED) is 0.447. The fourth-order valence-corrected chi connectivity index (χ4v) is 3.28. The van der Waals surface area contributed by atoms with Crippen LogP contribution in [0.5, 0.6) is 23.0 Å². The summed E-state index contributed by atoms with van der Waals surface area (Å²) < 4.78 is 52.8. The van der Waals surface area contributed by atoms with Crippen LogP contribution in [0.1, 0.15) is 6.42 Å². The van der Waals surface area contributed by atoms with Gasteiger partial charge in [-0.25, -0.2) is 4.79 Å². The van der Waals surface area contributed by atoms with Crippen LogP contribution < -0.4 is 14.2 Å². The molecule has 0 saturated carbocycles. The van der Waals surface area contributed by atoms with E-state index in [1.807, 2.05) is 4.90 Å². The number of halogens is 4. The van der Waals surface area contributed by atoms with Crippen LogP contribution >= 0.6 is 11.6 Å². The molecule has 32 heavy (non-hydrogen) atoms. The fourth-order valence-electron chi connectivity index (χ4n) is 3.15. The number of benzene rings is 2. The SMILES string of the molecule is O=C(Oc1ccc(O)cc1OCC(O)CN1CCC(Oc2ccc(Cl)cc2)C1)C(F)(F)F. The molecular formula is C21H21ClF3NO6. The number of ether oxygens (including phenoxy) is 3. The topological polar surface area (TPSA) is 88.5 Å². The molecule has 2 unspecified atom stereocenters. The maximum Gasteiger partial charge on any atom is 0.491 e. The third-order valence-electron chi connectivity index (χ3n) is 4.61. The number of phenolic OH excluding ortho intramolecular Hbond substituents is 1. The van der Waals surface area contributed by atoms with E-state index in [-0.39, 0.29) is 30.8 Å². The van der Waals surface area contributed by atoms with Crippen LogP contribution in [0.3, 0.4) is 0 Å². The lowest BCUT2D eigenvalue weighted by Crippen LogP contribution is -2.35. The number of aliphatic hydroxyl groups is 1. The largest absolute Gasteiger partial charge is 0.508 e. The molecule has 2 aromatic rings. The third-order valence-corrected chi connectivity index (χ3v) is 4.86. The predicted octanol–water partition coefficient (Wildman–Crippen LogP) is 3.41. The first kappa shape index (κ1) is 24.0. The van der Waals surface area contributed by atoms with Crippen LogP contribution in [0.4, 0.5) is 13.2 Å². The van der Waals surface area contributed by atoms with Gasteiger partial charge in [0, 0.05) is 30.7 Å². The number of phenols is 1. The molecule has 0 bridgehead atoms. The molecule has 0 radical (unpaired) electrons. The van der Waals surface area contributed by atoms with E-state index >= 15 is 0 Å². The van der Waals surface area contributed by atoms with E-state index in [1.54, 1.807) is 24.3 Å². The number of hydrogen-bond acceptors (Lipinski definition) is 7. The molecule has 1 heterocycles. The number of esters is 1. The third kappa shape index (κ3) is 6.91. The van der Waals surface area contributed by atoms with E-state index in [2.05, 4.69) is 4.74 Å². The summed E-state index contributed by atoms with van der Waals surface area (Å²) in [6.07, 6.45) is -5.49. The second-order valence-corrected chi connectivity index (χ2v) is 7.66. The van der Waals surface area contributed by atoms with E-state index in [1.165, 1.54) is 0 Å². The normalized spacial score (nSPS) is 17.7. The van der Waals surface area contributed by atoms with E-state index in [4.69, 9.17) is 21.1 Å². The molecule has 2 aromatic carbocycles. The number of hydrogen-bond donors (Lipinski definition) is 2. The van der Waals surface area contributed by atoms with Gasteiger partial charge < -0.3 is 24.4 Å². The summed E-state index contributed by atoms with van der Waals surface area (Å²) in [5.41, 5.74) is 0. The molecule has 3 rings (SSSR count). The summed E-state index contributed by atoms with van der Waals surface area (Å²) in [7, 11) is 0. The lowest BCUT2D eigenvalue weighted by atomic mass is 10.3. The number of carbonyl (C=O) groups excluding carboxylic acids is 1. The monoisotopic (exact) mass is 475 g/mol. The van der Waals surface area contributed by atoms with Gasteiger partial charge in [-0.1, -0.05) is 11.6 Å². The summed E-state index contributed by atoms with van der Waals surface area (Å²) >= 11 is 5.85. The van der Waals surface area contributed by atoms with Crippen LogP contribution in [0.15, 0.2) is 42.5 Å². The molecule has 0 spiro atoms. The molecule has 7 nitrogen and oxygen atoms in total. The van der Waals surface area contributed by atoms with Gasteiger partial charge in [-0.3, -0.25) is 4.90 Å². The Morgan fingerprint density at radius 2 is 1.91 bits per heavy atom. The molecule has 2 N–H and O–H groups in total. The average Bonchev–Trinajstić information content (AvgIpc) is 3.15. The van der Waals surface area contributed by atoms with Gasteiger partial charge in [0.15, 0.2) is 11.5 Å². The molecule has 0 amide bonds. The number of aliphatic hydroxyl groups excluding tert-OH is 1. The molecule has 2 atom stereocenters. The number of likely N-dealkylation sites (tertiary alicyclic amines) is 1. The van der Waals surface area contributed by atoms with Gasteiger partial charge in [-0.2, -0.15) is 13.2 Å². The molecule has 1 saturated heterocycles. The molecule has 174 valence electrons. The Balaban J connectivity index is 1.49. The highest BCUT2D eigenvalue weighted by Crippen LogP contribution is 2.33. The molecule has 1 aliphatic heterocycles. The number of rotatable bonds is 8. The van der Waals surface area contributed by atoms with E-state index < -0.39 is 24.0 Å². The lowest BCUT2D eigenvalue weighted by Gasteiger charge is -2.21. The summed E-state index contributed by atoms with van der Waals surface area (Å²) in [6.45, 7) is 1.19. The van der Waals surface area contributed by atoms with Crippen molar-refractivity contribution < 1.29 is 42.4 Å². The number of nitrogens with zero attached hydrogens (tertiary/aromatic N) is 1. The zero-order valence-electron chi connectivity index (χ0n) is 16.7. The Morgan fingerprint density at radius 1 is 1.19 bits per heavy atom. The van der Waals surface area contributed by atoms with Crippen LogP contribution in [-0.4, -0.2) is 65.7 Å². The summed E-state index contributed by atoms with van der Waals surface area (Å²) in [4.78, 5) is 13.0. The average molecular weight is 476 g/mol. The van der Waals surface area contributed by atoms with Crippen molar-refractivity contribution in [2.75, 3.05) is 26.2 Å². The van der Waals surface area contributed by atoms with Crippen LogP contribution in [0.25, 0.3) is 0 Å². The Hall–Kier alpha value is -2.69. The van der Waals surface area contributed by atoms with Crippen molar-refractivity contribution in [2.45, 2.75) is 24.8 Å². The molecule has 1 aliphatic rings. The molecule has 0 aliphatic carbocycles. The van der Waals surface area contributed by atoms with Gasteiger partial charge in [0.1, 0.15) is 30.3 Å². The van der Waals surface area contributed by atoms with Crippen molar-refractivity contribution >= 4 is 17.6 Å². The van der Waals surface area contributed by atoms with Crippen molar-refractivity contribution in [1.29, 1.82) is 0 Å². The predicted molar refractivity (Wildman–Crippen MR) is 108 cm³/mol. The maximum atomic E-state index is 12.4. The summed E-state index contributed by atoms with van der Waals surface area (Å²) in [5.74, 6) is -2.85. The van der Waals surface area contributed by atoms with Gasteiger partial charge in [0.25, 0.3) is 0 Å². The first-order valence-electron chi connectivity index (χ1n) is 9.67. The Morgan fingerprint density at radius 3 is 2.59 bits per heavy atom. The van der Waals surface area contributed by atoms with Crippen molar-refractivity contribution in [3.8, 4) is 23.0 Å². The van der Waals surface area contributed by atoms with Crippen LogP contribution in [-0.2, 0) is 4.79 Å². The second kappa shape index (κ2) is 10.3. The lowest BCUT2D eigenvalue weighted by molar-refractivity contribution is -0.189. The maximum absolute atomic E-state index is 12.4. The minimum Gasteiger partial charge on any atom is -0.508 e. The fraction of sp³-hybridized carbons (Fsp3) is 0.381. The molecule has 0 aromatic heterocycles. The van der Waals surface area contributed by atoms with E-state index in [0.717, 1.165) is 24.6 Å². The zero-order chi connectivity index (χ0) is 23.3. The van der Waals surface area contributed by atoms with E-state index in [0.29, 0.717) is 23.9 Å². The van der Waals surface area contributed by atoms with Gasteiger partial charge in [-0.15, -0.1) is 0 Å². The van der Waals surface area contributed by atoms with Crippen molar-refractivity contribution in [1.82, 2.24) is 4.90 Å². The summed E-state index contributed by atoms with van der Waals surface area (Å²) in [5, 5.41) is 20.4. The van der Waals surface area contributed by atoms with Gasteiger partial charge in [0.05, 0.1) is 0 Å². The van der Waals surface area contributed by atoms with Gasteiger partial charge >= 0.3 is 12.1 Å². The standard InChI is InChI=1S/C21H21ClF3NO6/c22-13-1-4-16(5-2-13)31-17-7-8-26(11-17)10-15(28)12-30-19-9-14(27)3-6-18(19)32-20(29)21(23,24)25/h1-6,9,15,17,27-28H,7-8,10-12H2. The smallest absolute Gasteiger partial charge is 0.491 e. The van der Waals surface area contributed by atoms with Gasteiger partial charge in [-0.05, 0) is 42.8 Å². The Bertz CT molecular complexity index is 925. The first-order valence-corrected chi connectivity index (χ1v) is 10.1. The molecule has 11 heteroatoms. The minimum atomic E-state index is -5.19. The Labute approximate surface area is 186 Å². The first-order chi connectivity index (χ1) is 15.1. The second-order valence-electron chi connectivity index (χ2n) is 7.23. The molecular weight excluding hydrogens is 455 g/mol. The number of carbonyl (C=O) groups is 1. The van der Waals surface area contributed by atoms with Crippen molar-refractivity contribution in [2.24, 2.45) is 0 Å². The number of alkyl halides is 3. The van der Waals surface area contributed by atoms with Gasteiger partial charge in [0.2, 0.25) is 0 Å². The number of aromatic hydroxyl groups is 1. The van der Waals surface area contributed by atoms with E-state index in [9.17, 15) is 28.2 Å². The van der Waals surface area contributed by atoms with Crippen molar-refractivity contribution in [3.05, 3.63) is 47.5 Å². The molecule has 1 fully saturated rings. The highest BCUT2D eigenvalue weighted by molar-refractivity contribution is 6.30. The van der Waals surface area contributed by atoms with Crippen LogP contribution in [0.2, 0.25) is 5.02 Å².